The van der Waals surface area contributed by atoms with Crippen molar-refractivity contribution in [3.05, 3.63) is 32.7 Å². The number of carbonyl (C=O) groups is 2. The van der Waals surface area contributed by atoms with Gasteiger partial charge in [-0.2, -0.15) is 5.26 Å². The van der Waals surface area contributed by atoms with Crippen LogP contribution in [0.3, 0.4) is 0 Å². The van der Waals surface area contributed by atoms with E-state index in [9.17, 15) is 14.4 Å². The molecule has 1 aliphatic carbocycles. The normalized spacial score (nSPS) is 22.4. The van der Waals surface area contributed by atoms with Crippen molar-refractivity contribution < 1.29 is 14.3 Å². The number of aromatic nitrogens is 1. The standard InChI is InChI=1S/C22H31N3O4/c1-12-7-6-8-19(13(12)2)25-21(27)16(5)29-20(26)10-9-17-14(3)18(11-23)22(28)24-15(17)4/h12-13,16,19H,6-10H2,1-5H3,(H,24,28)(H,25,27)/t12-,13-,16+,19-/m0/s1. The molecule has 1 amide bonds. The van der Waals surface area contributed by atoms with Gasteiger partial charge in [-0.25, -0.2) is 0 Å². The number of esters is 1. The van der Waals surface area contributed by atoms with E-state index in [-0.39, 0.29) is 23.9 Å². The Balaban J connectivity index is 1.92. The van der Waals surface area contributed by atoms with Crippen LogP contribution < -0.4 is 10.9 Å². The Kier molecular flexibility index (Phi) is 7.60. The number of hydrogen-bond acceptors (Lipinski definition) is 5. The van der Waals surface area contributed by atoms with Crippen molar-refractivity contribution in [1.82, 2.24) is 10.3 Å². The minimum atomic E-state index is -0.862. The third-order valence-corrected chi connectivity index (χ3v) is 6.21. The molecule has 0 bridgehead atoms. The number of carbonyl (C=O) groups excluding carboxylic acids is 2. The number of aryl methyl sites for hydroxylation is 1. The maximum atomic E-state index is 12.4. The van der Waals surface area contributed by atoms with Crippen molar-refractivity contribution in [2.24, 2.45) is 11.8 Å². The van der Waals surface area contributed by atoms with Crippen molar-refractivity contribution in [3.63, 3.8) is 0 Å². The van der Waals surface area contributed by atoms with Crippen LogP contribution in [0.1, 0.15) is 68.8 Å². The lowest BCUT2D eigenvalue weighted by Crippen LogP contribution is -2.47. The molecule has 1 aliphatic rings. The zero-order valence-electron chi connectivity index (χ0n) is 17.9. The third-order valence-electron chi connectivity index (χ3n) is 6.21. The first-order chi connectivity index (χ1) is 13.6. The van der Waals surface area contributed by atoms with Crippen molar-refractivity contribution in [1.29, 1.82) is 5.26 Å². The molecule has 0 radical (unpaired) electrons. The summed E-state index contributed by atoms with van der Waals surface area (Å²) >= 11 is 0. The Labute approximate surface area is 171 Å². The Morgan fingerprint density at radius 3 is 2.66 bits per heavy atom. The van der Waals surface area contributed by atoms with Gasteiger partial charge in [0.05, 0.1) is 0 Å². The van der Waals surface area contributed by atoms with Gasteiger partial charge in [0, 0.05) is 18.2 Å². The molecule has 2 rings (SSSR count). The van der Waals surface area contributed by atoms with Crippen LogP contribution in [0.15, 0.2) is 4.79 Å². The van der Waals surface area contributed by atoms with Gasteiger partial charge < -0.3 is 15.0 Å². The fourth-order valence-electron chi connectivity index (χ4n) is 4.04. The molecule has 0 spiro atoms. The molecule has 1 heterocycles. The molecule has 1 saturated carbocycles. The van der Waals surface area contributed by atoms with Gasteiger partial charge in [-0.1, -0.05) is 26.7 Å². The van der Waals surface area contributed by atoms with E-state index in [1.807, 2.05) is 6.07 Å². The van der Waals surface area contributed by atoms with Gasteiger partial charge >= 0.3 is 5.97 Å². The number of pyridine rings is 1. The first-order valence-electron chi connectivity index (χ1n) is 10.3. The molecule has 1 fully saturated rings. The molecule has 0 aliphatic heterocycles. The Bertz CT molecular complexity index is 868. The predicted octanol–water partition coefficient (Wildman–Crippen LogP) is 2.67. The quantitative estimate of drug-likeness (QED) is 0.712. The van der Waals surface area contributed by atoms with Crippen molar-refractivity contribution in [3.8, 4) is 6.07 Å². The van der Waals surface area contributed by atoms with Crippen molar-refractivity contribution in [2.45, 2.75) is 78.9 Å². The summed E-state index contributed by atoms with van der Waals surface area (Å²) in [6.07, 6.45) is 2.74. The first-order valence-corrected chi connectivity index (χ1v) is 10.3. The molecular formula is C22H31N3O4. The van der Waals surface area contributed by atoms with Crippen LogP contribution in [-0.4, -0.2) is 29.0 Å². The van der Waals surface area contributed by atoms with E-state index in [2.05, 4.69) is 24.1 Å². The number of hydrogen-bond donors (Lipinski definition) is 2. The Hall–Kier alpha value is -2.62. The predicted molar refractivity (Wildman–Crippen MR) is 109 cm³/mol. The highest BCUT2D eigenvalue weighted by molar-refractivity contribution is 5.83. The van der Waals surface area contributed by atoms with Crippen LogP contribution in [-0.2, 0) is 20.7 Å². The summed E-state index contributed by atoms with van der Waals surface area (Å²) in [6, 6.07) is 2.01. The summed E-state index contributed by atoms with van der Waals surface area (Å²) in [5.74, 6) is 0.207. The SMILES string of the molecule is Cc1[nH]c(=O)c(C#N)c(C)c1CCC(=O)O[C@H](C)C(=O)N[C@H]1CCC[C@H](C)[C@@H]1C. The van der Waals surface area contributed by atoms with E-state index in [1.165, 1.54) is 6.42 Å². The number of nitriles is 1. The molecule has 1 aromatic heterocycles. The average molecular weight is 402 g/mol. The number of nitrogens with one attached hydrogen (secondary N) is 2. The second kappa shape index (κ2) is 9.73. The molecular weight excluding hydrogens is 370 g/mol. The highest BCUT2D eigenvalue weighted by Crippen LogP contribution is 2.29. The minimum absolute atomic E-state index is 0.0579. The third kappa shape index (κ3) is 5.47. The minimum Gasteiger partial charge on any atom is -0.453 e. The van der Waals surface area contributed by atoms with Crippen LogP contribution in [0, 0.1) is 37.0 Å². The van der Waals surface area contributed by atoms with Gasteiger partial charge in [-0.3, -0.25) is 14.4 Å². The molecule has 2 N–H and O–H groups in total. The lowest BCUT2D eigenvalue weighted by molar-refractivity contribution is -0.155. The zero-order chi connectivity index (χ0) is 21.7. The van der Waals surface area contributed by atoms with E-state index in [1.54, 1.807) is 20.8 Å². The highest BCUT2D eigenvalue weighted by Gasteiger charge is 2.30. The molecule has 29 heavy (non-hydrogen) atoms. The second-order valence-electron chi connectivity index (χ2n) is 8.18. The molecule has 7 heteroatoms. The molecule has 0 unspecified atom stereocenters. The maximum absolute atomic E-state index is 12.4. The van der Waals surface area contributed by atoms with Crippen LogP contribution in [0.2, 0.25) is 0 Å². The summed E-state index contributed by atoms with van der Waals surface area (Å²) in [6.45, 7) is 9.36. The Morgan fingerprint density at radius 1 is 1.31 bits per heavy atom. The largest absolute Gasteiger partial charge is 0.453 e. The lowest BCUT2D eigenvalue weighted by Gasteiger charge is -2.35. The summed E-state index contributed by atoms with van der Waals surface area (Å²) < 4.78 is 5.31. The van der Waals surface area contributed by atoms with Gasteiger partial charge in [0.25, 0.3) is 11.5 Å². The van der Waals surface area contributed by atoms with Gasteiger partial charge in [0.1, 0.15) is 11.6 Å². The number of ether oxygens (including phenoxy) is 1. The molecule has 7 nitrogen and oxygen atoms in total. The highest BCUT2D eigenvalue weighted by atomic mass is 16.5. The molecule has 158 valence electrons. The van der Waals surface area contributed by atoms with E-state index < -0.39 is 17.6 Å². The first kappa shape index (κ1) is 22.7. The van der Waals surface area contributed by atoms with Crippen LogP contribution in [0.5, 0.6) is 0 Å². The number of amides is 1. The fraction of sp³-hybridized carbons (Fsp3) is 0.636. The molecule has 1 aromatic rings. The van der Waals surface area contributed by atoms with Crippen LogP contribution in [0.4, 0.5) is 0 Å². The number of rotatable bonds is 6. The summed E-state index contributed by atoms with van der Waals surface area (Å²) in [4.78, 5) is 39.1. The zero-order valence-corrected chi connectivity index (χ0v) is 17.9. The molecule has 0 saturated heterocycles. The van der Waals surface area contributed by atoms with Gasteiger partial charge in [-0.05, 0) is 56.6 Å². The van der Waals surface area contributed by atoms with Gasteiger partial charge in [0.2, 0.25) is 0 Å². The number of aromatic amines is 1. The summed E-state index contributed by atoms with van der Waals surface area (Å²) in [5.41, 5.74) is 1.59. The summed E-state index contributed by atoms with van der Waals surface area (Å²) in [7, 11) is 0. The number of H-pyrrole nitrogens is 1. The van der Waals surface area contributed by atoms with E-state index in [0.717, 1.165) is 18.4 Å². The second-order valence-corrected chi connectivity index (χ2v) is 8.18. The average Bonchev–Trinajstić information content (AvgIpc) is 2.65. The summed E-state index contributed by atoms with van der Waals surface area (Å²) in [5, 5.41) is 12.2. The van der Waals surface area contributed by atoms with Gasteiger partial charge in [0.15, 0.2) is 6.10 Å². The molecule has 4 atom stereocenters. The smallest absolute Gasteiger partial charge is 0.306 e. The monoisotopic (exact) mass is 401 g/mol. The van der Waals surface area contributed by atoms with E-state index in [4.69, 9.17) is 10.00 Å². The fourth-order valence-corrected chi connectivity index (χ4v) is 4.04. The lowest BCUT2D eigenvalue weighted by atomic mass is 9.78. The van der Waals surface area contributed by atoms with Gasteiger partial charge in [-0.15, -0.1) is 0 Å². The van der Waals surface area contributed by atoms with Crippen LogP contribution >= 0.6 is 0 Å². The van der Waals surface area contributed by atoms with E-state index in [0.29, 0.717) is 29.5 Å². The van der Waals surface area contributed by atoms with Crippen molar-refractivity contribution >= 4 is 11.9 Å². The van der Waals surface area contributed by atoms with E-state index >= 15 is 0 Å². The molecule has 0 aromatic carbocycles. The topological polar surface area (TPSA) is 112 Å². The Morgan fingerprint density at radius 2 is 2.00 bits per heavy atom. The number of nitrogens with zero attached hydrogens (tertiary/aromatic N) is 1. The van der Waals surface area contributed by atoms with Crippen LogP contribution in [0.25, 0.3) is 0 Å². The maximum Gasteiger partial charge on any atom is 0.306 e. The van der Waals surface area contributed by atoms with Crippen molar-refractivity contribution in [2.75, 3.05) is 0 Å².